The van der Waals surface area contributed by atoms with Crippen LogP contribution in [-0.4, -0.2) is 58.4 Å². The molecule has 0 saturated carbocycles. The summed E-state index contributed by atoms with van der Waals surface area (Å²) in [5.41, 5.74) is 1.59. The van der Waals surface area contributed by atoms with Crippen LogP contribution >= 0.6 is 0 Å². The van der Waals surface area contributed by atoms with E-state index >= 15 is 0 Å². The molecule has 3 aromatic rings. The van der Waals surface area contributed by atoms with Gasteiger partial charge in [-0.15, -0.1) is 0 Å². The average molecular weight is 424 g/mol. The number of hydrogen-bond donors (Lipinski definition) is 1. The van der Waals surface area contributed by atoms with Crippen LogP contribution in [0.15, 0.2) is 52.2 Å². The molecule has 2 aromatic heterocycles. The molecule has 31 heavy (non-hydrogen) atoms. The Kier molecular flexibility index (Phi) is 6.91. The van der Waals surface area contributed by atoms with Gasteiger partial charge >= 0.3 is 5.69 Å². The van der Waals surface area contributed by atoms with Gasteiger partial charge in [-0.3, -0.25) is 18.8 Å². The lowest BCUT2D eigenvalue weighted by molar-refractivity contribution is 0.0374. The molecule has 0 aliphatic carbocycles. The monoisotopic (exact) mass is 423 g/mol. The van der Waals surface area contributed by atoms with Gasteiger partial charge in [0.2, 0.25) is 0 Å². The van der Waals surface area contributed by atoms with Gasteiger partial charge in [0.15, 0.2) is 0 Å². The minimum absolute atomic E-state index is 0.242. The fraction of sp³-hybridized carbons (Fsp3) is 0.435. The van der Waals surface area contributed by atoms with Crippen molar-refractivity contribution in [2.75, 3.05) is 39.4 Å². The van der Waals surface area contributed by atoms with Gasteiger partial charge in [-0.1, -0.05) is 30.3 Å². The van der Waals surface area contributed by atoms with E-state index in [2.05, 4.69) is 15.2 Å². The number of rotatable bonds is 8. The number of pyridine rings is 1. The largest absolute Gasteiger partial charge is 0.379 e. The lowest BCUT2D eigenvalue weighted by Gasteiger charge is -2.26. The van der Waals surface area contributed by atoms with Gasteiger partial charge in [-0.2, -0.15) is 0 Å². The van der Waals surface area contributed by atoms with E-state index in [4.69, 9.17) is 4.74 Å². The Bertz CT molecular complexity index is 1130. The van der Waals surface area contributed by atoms with Crippen molar-refractivity contribution >= 4 is 11.0 Å². The zero-order valence-electron chi connectivity index (χ0n) is 17.9. The van der Waals surface area contributed by atoms with E-state index in [9.17, 15) is 9.59 Å². The highest BCUT2D eigenvalue weighted by molar-refractivity contribution is 5.74. The molecule has 1 saturated heterocycles. The van der Waals surface area contributed by atoms with Gasteiger partial charge < -0.3 is 10.1 Å². The SMILES string of the molecule is Cn1c(=O)n(Cc2ccccc2)c(=O)c2cc(CNCCCN3CCOCC3)cnc21. The molecule has 0 spiro atoms. The number of hydrogen-bond acceptors (Lipinski definition) is 6. The van der Waals surface area contributed by atoms with E-state index in [1.165, 1.54) is 9.13 Å². The van der Waals surface area contributed by atoms with Crippen molar-refractivity contribution in [3.05, 3.63) is 74.6 Å². The first-order chi connectivity index (χ1) is 15.1. The number of aromatic nitrogens is 3. The standard InChI is InChI=1S/C23H29N5O3/c1-26-21-20(22(29)28(23(26)30)17-18-6-3-2-4-7-18)14-19(16-25-21)15-24-8-5-9-27-10-12-31-13-11-27/h2-4,6-7,14,16,24H,5,8-13,15,17H2,1H3. The Balaban J connectivity index is 1.46. The van der Waals surface area contributed by atoms with Crippen LogP contribution in [0.4, 0.5) is 0 Å². The van der Waals surface area contributed by atoms with E-state index in [1.54, 1.807) is 13.2 Å². The summed E-state index contributed by atoms with van der Waals surface area (Å²) in [5, 5.41) is 3.89. The molecule has 0 unspecified atom stereocenters. The Labute approximate surface area is 181 Å². The third kappa shape index (κ3) is 5.10. The van der Waals surface area contributed by atoms with E-state index in [1.807, 2.05) is 36.4 Å². The van der Waals surface area contributed by atoms with Crippen molar-refractivity contribution in [2.24, 2.45) is 7.05 Å². The summed E-state index contributed by atoms with van der Waals surface area (Å²) < 4.78 is 8.09. The smallest absolute Gasteiger partial charge is 0.332 e. The molecule has 0 bridgehead atoms. The first-order valence-corrected chi connectivity index (χ1v) is 10.8. The molecule has 164 valence electrons. The van der Waals surface area contributed by atoms with Crippen molar-refractivity contribution in [2.45, 2.75) is 19.5 Å². The van der Waals surface area contributed by atoms with Gasteiger partial charge in [-0.05, 0) is 36.7 Å². The predicted molar refractivity (Wildman–Crippen MR) is 120 cm³/mol. The first-order valence-electron chi connectivity index (χ1n) is 10.8. The van der Waals surface area contributed by atoms with E-state index < -0.39 is 0 Å². The maximum Gasteiger partial charge on any atom is 0.332 e. The summed E-state index contributed by atoms with van der Waals surface area (Å²) in [4.78, 5) is 32.6. The Morgan fingerprint density at radius 2 is 1.87 bits per heavy atom. The lowest BCUT2D eigenvalue weighted by Crippen LogP contribution is -2.39. The van der Waals surface area contributed by atoms with Gasteiger partial charge in [-0.25, -0.2) is 9.78 Å². The van der Waals surface area contributed by atoms with E-state index in [0.717, 1.165) is 56.9 Å². The molecule has 0 atom stereocenters. The maximum absolute atomic E-state index is 13.1. The predicted octanol–water partition coefficient (Wildman–Crippen LogP) is 0.955. The molecule has 1 aliphatic heterocycles. The van der Waals surface area contributed by atoms with Gasteiger partial charge in [0.1, 0.15) is 5.65 Å². The highest BCUT2D eigenvalue weighted by Crippen LogP contribution is 2.08. The minimum atomic E-state index is -0.358. The number of aryl methyl sites for hydroxylation is 1. The maximum atomic E-state index is 13.1. The van der Waals surface area contributed by atoms with Crippen molar-refractivity contribution in [3.8, 4) is 0 Å². The van der Waals surface area contributed by atoms with Gasteiger partial charge in [0.05, 0.1) is 25.1 Å². The molecular weight excluding hydrogens is 394 g/mol. The van der Waals surface area contributed by atoms with Crippen LogP contribution in [0.1, 0.15) is 17.5 Å². The van der Waals surface area contributed by atoms with Gasteiger partial charge in [0, 0.05) is 32.9 Å². The van der Waals surface area contributed by atoms with Gasteiger partial charge in [0.25, 0.3) is 5.56 Å². The first kappa shape index (κ1) is 21.4. The topological polar surface area (TPSA) is 81.4 Å². The normalized spacial score (nSPS) is 14.9. The average Bonchev–Trinajstić information content (AvgIpc) is 2.81. The molecule has 0 amide bonds. The number of fused-ring (bicyclic) bond motifs is 1. The molecule has 1 N–H and O–H groups in total. The van der Waals surface area contributed by atoms with E-state index in [0.29, 0.717) is 17.6 Å². The molecule has 3 heterocycles. The highest BCUT2D eigenvalue weighted by atomic mass is 16.5. The molecule has 1 aliphatic rings. The summed E-state index contributed by atoms with van der Waals surface area (Å²) in [6.07, 6.45) is 2.79. The van der Waals surface area contributed by atoms with Crippen molar-refractivity contribution in [1.82, 2.24) is 24.3 Å². The zero-order chi connectivity index (χ0) is 21.6. The second-order valence-electron chi connectivity index (χ2n) is 7.92. The Morgan fingerprint density at radius 1 is 1.10 bits per heavy atom. The summed E-state index contributed by atoms with van der Waals surface area (Å²) in [6, 6.07) is 11.4. The number of ether oxygens (including phenoxy) is 1. The molecule has 0 radical (unpaired) electrons. The van der Waals surface area contributed by atoms with Crippen molar-refractivity contribution in [3.63, 3.8) is 0 Å². The number of nitrogens with one attached hydrogen (secondary N) is 1. The molecule has 8 heteroatoms. The highest BCUT2D eigenvalue weighted by Gasteiger charge is 2.13. The summed E-state index contributed by atoms with van der Waals surface area (Å²) in [7, 11) is 1.65. The van der Waals surface area contributed by atoms with E-state index in [-0.39, 0.29) is 17.8 Å². The van der Waals surface area contributed by atoms with Crippen LogP contribution in [0, 0.1) is 0 Å². The quantitative estimate of drug-likeness (QED) is 0.544. The van der Waals surface area contributed by atoms with Crippen LogP contribution < -0.4 is 16.6 Å². The number of morpholine rings is 1. The number of benzene rings is 1. The molecule has 1 fully saturated rings. The summed E-state index contributed by atoms with van der Waals surface area (Å²) in [5.74, 6) is 0. The fourth-order valence-corrected chi connectivity index (χ4v) is 3.92. The minimum Gasteiger partial charge on any atom is -0.379 e. The molecular formula is C23H29N5O3. The molecule has 4 rings (SSSR count). The second kappa shape index (κ2) is 10.00. The third-order valence-corrected chi connectivity index (χ3v) is 5.68. The van der Waals surface area contributed by atoms with Crippen LogP contribution in [0.2, 0.25) is 0 Å². The zero-order valence-corrected chi connectivity index (χ0v) is 17.9. The second-order valence-corrected chi connectivity index (χ2v) is 7.92. The Hall–Kier alpha value is -2.81. The molecule has 1 aromatic carbocycles. The summed E-state index contributed by atoms with van der Waals surface area (Å²) >= 11 is 0. The summed E-state index contributed by atoms with van der Waals surface area (Å²) in [6.45, 7) is 6.46. The number of nitrogens with zero attached hydrogens (tertiary/aromatic N) is 4. The van der Waals surface area contributed by atoms with Crippen LogP contribution in [-0.2, 0) is 24.9 Å². The van der Waals surface area contributed by atoms with Crippen LogP contribution in [0.25, 0.3) is 11.0 Å². The van der Waals surface area contributed by atoms with Crippen molar-refractivity contribution < 1.29 is 4.74 Å². The molecule has 8 nitrogen and oxygen atoms in total. The van der Waals surface area contributed by atoms with Crippen LogP contribution in [0.5, 0.6) is 0 Å². The van der Waals surface area contributed by atoms with Crippen molar-refractivity contribution in [1.29, 1.82) is 0 Å². The Morgan fingerprint density at radius 3 is 2.65 bits per heavy atom. The lowest BCUT2D eigenvalue weighted by atomic mass is 10.2. The third-order valence-electron chi connectivity index (χ3n) is 5.68. The fourth-order valence-electron chi connectivity index (χ4n) is 3.92. The van der Waals surface area contributed by atoms with Crippen LogP contribution in [0.3, 0.4) is 0 Å².